The Hall–Kier alpha value is -0.0800. The van der Waals surface area contributed by atoms with Gasteiger partial charge in [0.05, 0.1) is 0 Å². The molecule has 1 aliphatic carbocycles. The van der Waals surface area contributed by atoms with Crippen LogP contribution in [-0.2, 0) is 0 Å². The van der Waals surface area contributed by atoms with Crippen molar-refractivity contribution in [3.63, 3.8) is 0 Å². The van der Waals surface area contributed by atoms with Crippen molar-refractivity contribution in [1.29, 1.82) is 0 Å². The molecule has 2 heteroatoms. The molecule has 2 unspecified atom stereocenters. The molecular formula is C14H30N2. The van der Waals surface area contributed by atoms with Gasteiger partial charge in [-0.1, -0.05) is 20.8 Å². The molecule has 2 nitrogen and oxygen atoms in total. The van der Waals surface area contributed by atoms with Crippen LogP contribution in [0.15, 0.2) is 0 Å². The van der Waals surface area contributed by atoms with Crippen LogP contribution in [0, 0.1) is 5.92 Å². The van der Waals surface area contributed by atoms with Gasteiger partial charge in [0, 0.05) is 24.7 Å². The summed E-state index contributed by atoms with van der Waals surface area (Å²) in [5.41, 5.74) is 0. The first-order valence-corrected chi connectivity index (χ1v) is 7.05. The molecule has 0 heterocycles. The Kier molecular flexibility index (Phi) is 5.77. The minimum atomic E-state index is 0.610. The van der Waals surface area contributed by atoms with E-state index in [1.165, 1.54) is 25.8 Å². The Morgan fingerprint density at radius 1 is 1.19 bits per heavy atom. The Labute approximate surface area is 102 Å². The highest BCUT2D eigenvalue weighted by molar-refractivity contribution is 4.90. The lowest BCUT2D eigenvalue weighted by Gasteiger charge is -2.35. The second kappa shape index (κ2) is 6.61. The summed E-state index contributed by atoms with van der Waals surface area (Å²) in [6.45, 7) is 14.0. The summed E-state index contributed by atoms with van der Waals surface area (Å²) in [5.74, 6) is 0.779. The second-order valence-electron chi connectivity index (χ2n) is 5.81. The van der Waals surface area contributed by atoms with Gasteiger partial charge in [0.1, 0.15) is 0 Å². The normalized spacial score (nSPS) is 20.4. The molecule has 2 atom stereocenters. The van der Waals surface area contributed by atoms with Crippen molar-refractivity contribution in [3.8, 4) is 0 Å². The Balaban J connectivity index is 2.42. The van der Waals surface area contributed by atoms with Crippen LogP contribution >= 0.6 is 0 Å². The van der Waals surface area contributed by atoms with Gasteiger partial charge in [-0.2, -0.15) is 0 Å². The maximum Gasteiger partial charge on any atom is 0.0221 e. The molecule has 0 aromatic rings. The van der Waals surface area contributed by atoms with Gasteiger partial charge in [0.15, 0.2) is 0 Å². The first-order valence-electron chi connectivity index (χ1n) is 7.05. The predicted octanol–water partition coefficient (Wildman–Crippen LogP) is 2.88. The summed E-state index contributed by atoms with van der Waals surface area (Å²) in [6, 6.07) is 2.16. The summed E-state index contributed by atoms with van der Waals surface area (Å²) in [4.78, 5) is 2.72. The zero-order chi connectivity index (χ0) is 12.1. The topological polar surface area (TPSA) is 15.3 Å². The fourth-order valence-corrected chi connectivity index (χ4v) is 2.31. The molecule has 96 valence electrons. The van der Waals surface area contributed by atoms with E-state index in [9.17, 15) is 0 Å². The van der Waals surface area contributed by atoms with Crippen molar-refractivity contribution in [3.05, 3.63) is 0 Å². The standard InChI is InChI=1S/C14H30N2/c1-6-9-15-12(4)13(5)16(10-11(2)3)14-7-8-14/h11-15H,6-10H2,1-5H3. The lowest BCUT2D eigenvalue weighted by Crippen LogP contribution is -2.49. The molecule has 0 spiro atoms. The summed E-state index contributed by atoms with van der Waals surface area (Å²) < 4.78 is 0. The van der Waals surface area contributed by atoms with Crippen molar-refractivity contribution < 1.29 is 0 Å². The van der Waals surface area contributed by atoms with Crippen LogP contribution in [-0.4, -0.2) is 36.1 Å². The van der Waals surface area contributed by atoms with Crippen LogP contribution in [0.4, 0.5) is 0 Å². The first kappa shape index (κ1) is 14.0. The van der Waals surface area contributed by atoms with Gasteiger partial charge in [-0.05, 0) is 45.6 Å². The third-order valence-electron chi connectivity index (χ3n) is 3.55. The molecule has 16 heavy (non-hydrogen) atoms. The number of nitrogens with one attached hydrogen (secondary N) is 1. The molecule has 0 aromatic heterocycles. The molecule has 0 aliphatic heterocycles. The van der Waals surface area contributed by atoms with E-state index < -0.39 is 0 Å². The fraction of sp³-hybridized carbons (Fsp3) is 1.00. The van der Waals surface area contributed by atoms with E-state index in [2.05, 4.69) is 44.8 Å². The van der Waals surface area contributed by atoms with Crippen LogP contribution in [0.2, 0.25) is 0 Å². The van der Waals surface area contributed by atoms with Crippen LogP contribution in [0.5, 0.6) is 0 Å². The molecular weight excluding hydrogens is 196 g/mol. The average Bonchev–Trinajstić information content (AvgIpc) is 3.05. The van der Waals surface area contributed by atoms with Gasteiger partial charge in [-0.15, -0.1) is 0 Å². The van der Waals surface area contributed by atoms with Crippen molar-refractivity contribution in [2.75, 3.05) is 13.1 Å². The maximum atomic E-state index is 3.63. The fourth-order valence-electron chi connectivity index (χ4n) is 2.31. The number of nitrogens with zero attached hydrogens (tertiary/aromatic N) is 1. The van der Waals surface area contributed by atoms with Crippen LogP contribution in [0.1, 0.15) is 53.9 Å². The lowest BCUT2D eigenvalue weighted by atomic mass is 10.1. The smallest absolute Gasteiger partial charge is 0.0221 e. The first-order chi connectivity index (χ1) is 7.56. The van der Waals surface area contributed by atoms with Gasteiger partial charge in [0.25, 0.3) is 0 Å². The quantitative estimate of drug-likeness (QED) is 0.684. The highest BCUT2D eigenvalue weighted by Gasteiger charge is 2.34. The predicted molar refractivity (Wildman–Crippen MR) is 71.8 cm³/mol. The lowest BCUT2D eigenvalue weighted by molar-refractivity contribution is 0.148. The molecule has 1 rings (SSSR count). The van der Waals surface area contributed by atoms with E-state index in [4.69, 9.17) is 0 Å². The van der Waals surface area contributed by atoms with Gasteiger partial charge < -0.3 is 5.32 Å². The van der Waals surface area contributed by atoms with Gasteiger partial charge >= 0.3 is 0 Å². The third-order valence-corrected chi connectivity index (χ3v) is 3.55. The minimum absolute atomic E-state index is 0.610. The number of hydrogen-bond acceptors (Lipinski definition) is 2. The highest BCUT2D eigenvalue weighted by Crippen LogP contribution is 2.30. The molecule has 1 fully saturated rings. The average molecular weight is 226 g/mol. The number of hydrogen-bond donors (Lipinski definition) is 1. The molecule has 1 saturated carbocycles. The summed E-state index contributed by atoms with van der Waals surface area (Å²) in [7, 11) is 0. The minimum Gasteiger partial charge on any atom is -0.313 e. The zero-order valence-corrected chi connectivity index (χ0v) is 11.8. The summed E-state index contributed by atoms with van der Waals surface area (Å²) in [5, 5.41) is 3.63. The molecule has 0 amide bonds. The van der Waals surface area contributed by atoms with E-state index in [-0.39, 0.29) is 0 Å². The van der Waals surface area contributed by atoms with Crippen molar-refractivity contribution >= 4 is 0 Å². The highest BCUT2D eigenvalue weighted by atomic mass is 15.2. The largest absolute Gasteiger partial charge is 0.313 e. The maximum absolute atomic E-state index is 3.63. The third kappa shape index (κ3) is 4.42. The van der Waals surface area contributed by atoms with E-state index in [1.807, 2.05) is 0 Å². The Morgan fingerprint density at radius 3 is 2.25 bits per heavy atom. The summed E-state index contributed by atoms with van der Waals surface area (Å²) >= 11 is 0. The zero-order valence-electron chi connectivity index (χ0n) is 11.8. The molecule has 1 aliphatic rings. The molecule has 1 N–H and O–H groups in total. The van der Waals surface area contributed by atoms with Crippen LogP contribution in [0.25, 0.3) is 0 Å². The van der Waals surface area contributed by atoms with Crippen LogP contribution in [0.3, 0.4) is 0 Å². The van der Waals surface area contributed by atoms with Gasteiger partial charge in [0.2, 0.25) is 0 Å². The molecule has 0 bridgehead atoms. The van der Waals surface area contributed by atoms with Crippen molar-refractivity contribution in [2.24, 2.45) is 5.92 Å². The molecule has 0 radical (unpaired) electrons. The van der Waals surface area contributed by atoms with Crippen molar-refractivity contribution in [1.82, 2.24) is 10.2 Å². The Bertz CT molecular complexity index is 187. The van der Waals surface area contributed by atoms with E-state index in [0.717, 1.165) is 18.5 Å². The van der Waals surface area contributed by atoms with E-state index >= 15 is 0 Å². The van der Waals surface area contributed by atoms with Crippen molar-refractivity contribution in [2.45, 2.75) is 72.0 Å². The van der Waals surface area contributed by atoms with E-state index in [1.54, 1.807) is 0 Å². The summed E-state index contributed by atoms with van der Waals surface area (Å²) in [6.07, 6.45) is 4.06. The van der Waals surface area contributed by atoms with Crippen LogP contribution < -0.4 is 5.32 Å². The molecule has 0 aromatic carbocycles. The SMILES string of the molecule is CCCNC(C)C(C)N(CC(C)C)C1CC1. The molecule has 0 saturated heterocycles. The van der Waals surface area contributed by atoms with E-state index in [0.29, 0.717) is 12.1 Å². The second-order valence-corrected chi connectivity index (χ2v) is 5.81. The Morgan fingerprint density at radius 2 is 1.81 bits per heavy atom. The monoisotopic (exact) mass is 226 g/mol. The number of rotatable bonds is 8. The van der Waals surface area contributed by atoms with Gasteiger partial charge in [-0.25, -0.2) is 0 Å². The van der Waals surface area contributed by atoms with Gasteiger partial charge in [-0.3, -0.25) is 4.90 Å².